The predicted molar refractivity (Wildman–Crippen MR) is 125 cm³/mol. The van der Waals surface area contributed by atoms with Crippen LogP contribution in [0.3, 0.4) is 0 Å². The van der Waals surface area contributed by atoms with Gasteiger partial charge in [0.15, 0.2) is 5.13 Å². The van der Waals surface area contributed by atoms with Gasteiger partial charge in [0.25, 0.3) is 5.91 Å². The summed E-state index contributed by atoms with van der Waals surface area (Å²) in [5.41, 5.74) is 4.23. The molecule has 2 N–H and O–H groups in total. The summed E-state index contributed by atoms with van der Waals surface area (Å²) in [4.78, 5) is 23.7. The molecule has 2 aromatic heterocycles. The third kappa shape index (κ3) is 4.50. The summed E-state index contributed by atoms with van der Waals surface area (Å²) in [6.07, 6.45) is 3.47. The highest BCUT2D eigenvalue weighted by molar-refractivity contribution is 7.22. The summed E-state index contributed by atoms with van der Waals surface area (Å²) in [5, 5.41) is 6.99. The molecule has 1 fully saturated rings. The first-order valence-corrected chi connectivity index (χ1v) is 10.9. The lowest BCUT2D eigenvalue weighted by Crippen LogP contribution is -2.36. The van der Waals surface area contributed by atoms with E-state index in [0.29, 0.717) is 5.56 Å². The normalized spacial score (nSPS) is 13.9. The third-order valence-corrected chi connectivity index (χ3v) is 6.00. The number of nitrogens with zero attached hydrogens (tertiary/aromatic N) is 3. The van der Waals surface area contributed by atoms with E-state index in [1.165, 1.54) is 11.3 Å². The molecule has 0 atom stereocenters. The Hall–Kier alpha value is -3.49. The first-order valence-electron chi connectivity index (χ1n) is 10.1. The van der Waals surface area contributed by atoms with Crippen molar-refractivity contribution in [2.24, 2.45) is 0 Å². The molecule has 5 rings (SSSR count). The molecule has 1 saturated heterocycles. The number of hydrogen-bond donors (Lipinski definition) is 2. The number of nitrogens with one attached hydrogen (secondary N) is 2. The smallest absolute Gasteiger partial charge is 0.255 e. The molecule has 1 aliphatic rings. The topological polar surface area (TPSA) is 79.4 Å². The van der Waals surface area contributed by atoms with Crippen LogP contribution in [-0.2, 0) is 4.74 Å². The number of carbonyl (C=O) groups is 1. The van der Waals surface area contributed by atoms with Crippen molar-refractivity contribution < 1.29 is 9.53 Å². The van der Waals surface area contributed by atoms with Crippen molar-refractivity contribution in [2.75, 3.05) is 41.8 Å². The largest absolute Gasteiger partial charge is 0.378 e. The molecule has 0 aliphatic carbocycles. The van der Waals surface area contributed by atoms with Crippen LogP contribution < -0.4 is 15.5 Å². The first-order chi connectivity index (χ1) is 15.2. The number of pyridine rings is 1. The number of carbonyl (C=O) groups excluding carboxylic acids is 1. The van der Waals surface area contributed by atoms with Crippen LogP contribution in [0.1, 0.15) is 10.4 Å². The maximum absolute atomic E-state index is 12.8. The van der Waals surface area contributed by atoms with Crippen LogP contribution in [0.15, 0.2) is 67.0 Å². The fourth-order valence-electron chi connectivity index (χ4n) is 3.46. The molecule has 4 aromatic rings. The van der Waals surface area contributed by atoms with Gasteiger partial charge in [0.2, 0.25) is 0 Å². The summed E-state index contributed by atoms with van der Waals surface area (Å²) in [5.74, 6) is -0.142. The maximum atomic E-state index is 12.8. The monoisotopic (exact) mass is 431 g/mol. The second-order valence-corrected chi connectivity index (χ2v) is 8.20. The SMILES string of the molecule is O=C(Nc1ccc(N2CCOCC2)cc1)c1ccc2nc(Nc3cccnc3)sc2c1. The summed E-state index contributed by atoms with van der Waals surface area (Å²) >= 11 is 1.50. The molecule has 1 amide bonds. The molecule has 0 saturated carbocycles. The Balaban J connectivity index is 1.28. The summed E-state index contributed by atoms with van der Waals surface area (Å²) in [7, 11) is 0. The van der Waals surface area contributed by atoms with Crippen LogP contribution >= 0.6 is 11.3 Å². The number of aromatic nitrogens is 2. The minimum Gasteiger partial charge on any atom is -0.378 e. The van der Waals surface area contributed by atoms with Gasteiger partial charge in [-0.15, -0.1) is 0 Å². The lowest BCUT2D eigenvalue weighted by molar-refractivity contribution is 0.102. The Morgan fingerprint density at radius 3 is 2.65 bits per heavy atom. The average Bonchev–Trinajstić information content (AvgIpc) is 3.22. The Morgan fingerprint density at radius 2 is 1.87 bits per heavy atom. The van der Waals surface area contributed by atoms with Gasteiger partial charge in [-0.25, -0.2) is 4.98 Å². The van der Waals surface area contributed by atoms with Crippen molar-refractivity contribution in [3.63, 3.8) is 0 Å². The number of morpholine rings is 1. The number of rotatable bonds is 5. The van der Waals surface area contributed by atoms with Gasteiger partial charge in [-0.1, -0.05) is 11.3 Å². The third-order valence-electron chi connectivity index (χ3n) is 5.06. The number of benzene rings is 2. The molecular weight excluding hydrogens is 410 g/mol. The van der Waals surface area contributed by atoms with Gasteiger partial charge in [0.1, 0.15) is 0 Å². The van der Waals surface area contributed by atoms with Crippen molar-refractivity contribution >= 4 is 49.7 Å². The van der Waals surface area contributed by atoms with E-state index in [1.54, 1.807) is 18.5 Å². The predicted octanol–water partition coefficient (Wildman–Crippen LogP) is 4.52. The maximum Gasteiger partial charge on any atom is 0.255 e. The van der Waals surface area contributed by atoms with Gasteiger partial charge in [-0.2, -0.15) is 0 Å². The Morgan fingerprint density at radius 1 is 1.03 bits per heavy atom. The second-order valence-electron chi connectivity index (χ2n) is 7.17. The standard InChI is InChI=1S/C23H21N5O2S/c29-22(25-17-4-6-19(7-5-17)28-10-12-30-13-11-28)16-3-8-20-21(14-16)31-23(27-20)26-18-2-1-9-24-15-18/h1-9,14-15H,10-13H2,(H,25,29)(H,26,27). The van der Waals surface area contributed by atoms with Crippen molar-refractivity contribution in [3.05, 3.63) is 72.6 Å². The summed E-state index contributed by atoms with van der Waals surface area (Å²) in [6, 6.07) is 17.3. The second kappa shape index (κ2) is 8.71. The van der Waals surface area contributed by atoms with Gasteiger partial charge in [0, 0.05) is 36.2 Å². The zero-order chi connectivity index (χ0) is 21.0. The van der Waals surface area contributed by atoms with E-state index in [2.05, 4.69) is 25.5 Å². The molecule has 8 heteroatoms. The quantitative estimate of drug-likeness (QED) is 0.484. The van der Waals surface area contributed by atoms with Crippen molar-refractivity contribution in [1.82, 2.24) is 9.97 Å². The lowest BCUT2D eigenvalue weighted by Gasteiger charge is -2.28. The van der Waals surface area contributed by atoms with Crippen LogP contribution in [0.2, 0.25) is 0 Å². The molecule has 0 spiro atoms. The van der Waals surface area contributed by atoms with E-state index in [-0.39, 0.29) is 5.91 Å². The van der Waals surface area contributed by atoms with E-state index in [9.17, 15) is 4.79 Å². The molecule has 7 nitrogen and oxygen atoms in total. The van der Waals surface area contributed by atoms with Crippen LogP contribution in [-0.4, -0.2) is 42.2 Å². The van der Waals surface area contributed by atoms with Crippen LogP contribution in [0.25, 0.3) is 10.2 Å². The molecular formula is C23H21N5O2S. The highest BCUT2D eigenvalue weighted by Gasteiger charge is 2.13. The van der Waals surface area contributed by atoms with E-state index >= 15 is 0 Å². The van der Waals surface area contributed by atoms with E-state index in [4.69, 9.17) is 4.74 Å². The minimum atomic E-state index is -0.142. The Kier molecular flexibility index (Phi) is 5.47. The van der Waals surface area contributed by atoms with Crippen molar-refractivity contribution in [3.8, 4) is 0 Å². The number of ether oxygens (including phenoxy) is 1. The number of fused-ring (bicyclic) bond motifs is 1. The van der Waals surface area contributed by atoms with E-state index in [0.717, 1.165) is 58.7 Å². The molecule has 0 radical (unpaired) electrons. The van der Waals surface area contributed by atoms with Gasteiger partial charge < -0.3 is 20.3 Å². The number of thiazole rings is 1. The van der Waals surface area contributed by atoms with Crippen molar-refractivity contribution in [1.29, 1.82) is 0 Å². The molecule has 1 aliphatic heterocycles. The van der Waals surface area contributed by atoms with E-state index < -0.39 is 0 Å². The van der Waals surface area contributed by atoms with E-state index in [1.807, 2.05) is 48.5 Å². The summed E-state index contributed by atoms with van der Waals surface area (Å²) in [6.45, 7) is 3.27. The first kappa shape index (κ1) is 19.5. The zero-order valence-electron chi connectivity index (χ0n) is 16.7. The summed E-state index contributed by atoms with van der Waals surface area (Å²) < 4.78 is 6.35. The van der Waals surface area contributed by atoms with Crippen LogP contribution in [0.4, 0.5) is 22.2 Å². The molecule has 156 valence electrons. The molecule has 31 heavy (non-hydrogen) atoms. The van der Waals surface area contributed by atoms with Gasteiger partial charge in [-0.05, 0) is 54.6 Å². The fraction of sp³-hybridized carbons (Fsp3) is 0.174. The van der Waals surface area contributed by atoms with Crippen LogP contribution in [0, 0.1) is 0 Å². The highest BCUT2D eigenvalue weighted by atomic mass is 32.1. The molecule has 3 heterocycles. The van der Waals surface area contributed by atoms with Gasteiger partial charge in [-0.3, -0.25) is 9.78 Å². The number of amides is 1. The van der Waals surface area contributed by atoms with Crippen molar-refractivity contribution in [2.45, 2.75) is 0 Å². The molecule has 0 bridgehead atoms. The van der Waals surface area contributed by atoms with Gasteiger partial charge >= 0.3 is 0 Å². The molecule has 2 aromatic carbocycles. The van der Waals surface area contributed by atoms with Crippen LogP contribution in [0.5, 0.6) is 0 Å². The molecule has 0 unspecified atom stereocenters. The Bertz CT molecular complexity index is 1190. The zero-order valence-corrected chi connectivity index (χ0v) is 17.6. The lowest BCUT2D eigenvalue weighted by atomic mass is 10.2. The average molecular weight is 432 g/mol. The fourth-order valence-corrected chi connectivity index (χ4v) is 4.39. The highest BCUT2D eigenvalue weighted by Crippen LogP contribution is 2.29. The van der Waals surface area contributed by atoms with Gasteiger partial charge in [0.05, 0.1) is 35.3 Å². The minimum absolute atomic E-state index is 0.142. The number of anilines is 4. The Labute approximate surface area is 183 Å². The number of hydrogen-bond acceptors (Lipinski definition) is 7.